The van der Waals surface area contributed by atoms with Crippen molar-refractivity contribution in [2.75, 3.05) is 0 Å². The van der Waals surface area contributed by atoms with E-state index < -0.39 is 17.1 Å². The van der Waals surface area contributed by atoms with Gasteiger partial charge in [-0.25, -0.2) is 8.78 Å². The molecule has 1 aliphatic carbocycles. The fourth-order valence-electron chi connectivity index (χ4n) is 2.22. The minimum atomic E-state index is -2.76. The molecule has 0 saturated carbocycles. The van der Waals surface area contributed by atoms with Crippen LogP contribution in [0.1, 0.15) is 51.7 Å². The minimum absolute atomic E-state index is 0.0977. The lowest BCUT2D eigenvalue weighted by Gasteiger charge is -2.37. The first-order valence-corrected chi connectivity index (χ1v) is 7.28. The van der Waals surface area contributed by atoms with Crippen LogP contribution in [0.3, 0.4) is 0 Å². The second-order valence-corrected chi connectivity index (χ2v) is 6.78. The summed E-state index contributed by atoms with van der Waals surface area (Å²) in [6, 6.07) is 5.02. The zero-order chi connectivity index (χ0) is 15.9. The normalized spacial score (nSPS) is 18.2. The molecule has 21 heavy (non-hydrogen) atoms. The van der Waals surface area contributed by atoms with Crippen LogP contribution >= 0.6 is 0 Å². The molecule has 1 aromatic rings. The van der Waals surface area contributed by atoms with Gasteiger partial charge in [-0.15, -0.1) is 0 Å². The van der Waals surface area contributed by atoms with Crippen molar-refractivity contribution in [1.82, 2.24) is 0 Å². The molecule has 0 aliphatic heterocycles. The van der Waals surface area contributed by atoms with E-state index in [2.05, 4.69) is 0 Å². The molecule has 0 unspecified atom stereocenters. The lowest BCUT2D eigenvalue weighted by atomic mass is 9.79. The number of hydrogen-bond acceptors (Lipinski definition) is 2. The van der Waals surface area contributed by atoms with Crippen LogP contribution in [0.25, 0.3) is 0 Å². The van der Waals surface area contributed by atoms with E-state index in [1.54, 1.807) is 39.8 Å². The average molecular weight is 295 g/mol. The van der Waals surface area contributed by atoms with Gasteiger partial charge in [0.1, 0.15) is 0 Å². The molecule has 0 aromatic heterocycles. The molecule has 0 bridgehead atoms. The largest absolute Gasteiger partial charge is 0.427 e. The van der Waals surface area contributed by atoms with Crippen LogP contribution in [0.5, 0.6) is 0 Å². The molecule has 0 saturated heterocycles. The molecule has 1 N–H and O–H groups in total. The first kappa shape index (κ1) is 16.4. The highest BCUT2D eigenvalue weighted by atomic mass is 19.3. The van der Waals surface area contributed by atoms with E-state index >= 15 is 0 Å². The van der Waals surface area contributed by atoms with Crippen molar-refractivity contribution in [3.8, 4) is 0 Å². The third-order valence-corrected chi connectivity index (χ3v) is 4.43. The summed E-state index contributed by atoms with van der Waals surface area (Å²) in [5.41, 5.74) is -0.447. The molecule has 0 heterocycles. The molecular weight excluding hydrogens is 273 g/mol. The van der Waals surface area contributed by atoms with Crippen LogP contribution in [0, 0.1) is 0 Å². The predicted molar refractivity (Wildman–Crippen MR) is 80.1 cm³/mol. The van der Waals surface area contributed by atoms with Crippen LogP contribution in [0.2, 0.25) is 0 Å². The first-order valence-electron chi connectivity index (χ1n) is 7.28. The standard InChI is InChI=1S/C16H22BF2O2/c1-14(2,20)15(3,4)21-17-12-8-7-11-6-5-9-16(18,19)13(11)10-12/h7-8,10,20H,5-6,9H2,1-4H3. The molecule has 115 valence electrons. The number of halogens is 2. The van der Waals surface area contributed by atoms with Crippen molar-refractivity contribution < 1.29 is 18.5 Å². The second kappa shape index (κ2) is 5.36. The van der Waals surface area contributed by atoms with Crippen molar-refractivity contribution in [3.05, 3.63) is 29.3 Å². The number of aryl methyl sites for hydroxylation is 1. The maximum Gasteiger partial charge on any atom is 0.330 e. The van der Waals surface area contributed by atoms with Gasteiger partial charge >= 0.3 is 7.48 Å². The molecule has 0 spiro atoms. The molecule has 0 fully saturated rings. The van der Waals surface area contributed by atoms with E-state index in [1.807, 2.05) is 0 Å². The molecule has 2 rings (SSSR count). The summed E-state index contributed by atoms with van der Waals surface area (Å²) in [5.74, 6) is -2.76. The maximum atomic E-state index is 13.9. The Morgan fingerprint density at radius 3 is 2.52 bits per heavy atom. The van der Waals surface area contributed by atoms with Crippen LogP contribution in [-0.2, 0) is 17.0 Å². The Morgan fingerprint density at radius 2 is 1.90 bits per heavy atom. The van der Waals surface area contributed by atoms with Gasteiger partial charge in [-0.2, -0.15) is 0 Å². The zero-order valence-electron chi connectivity index (χ0n) is 13.0. The fraction of sp³-hybridized carbons (Fsp3) is 0.625. The van der Waals surface area contributed by atoms with Gasteiger partial charge < -0.3 is 9.76 Å². The lowest BCUT2D eigenvalue weighted by Crippen LogP contribution is -2.49. The van der Waals surface area contributed by atoms with E-state index in [1.165, 1.54) is 13.5 Å². The summed E-state index contributed by atoms with van der Waals surface area (Å²) < 4.78 is 33.5. The Balaban J connectivity index is 2.16. The molecule has 5 heteroatoms. The van der Waals surface area contributed by atoms with Crippen LogP contribution in [-0.4, -0.2) is 23.8 Å². The molecule has 1 aliphatic rings. The third kappa shape index (κ3) is 3.46. The summed E-state index contributed by atoms with van der Waals surface area (Å²) in [4.78, 5) is 0. The summed E-state index contributed by atoms with van der Waals surface area (Å²) in [6.45, 7) is 6.83. The molecule has 2 nitrogen and oxygen atoms in total. The molecule has 1 aromatic carbocycles. The van der Waals surface area contributed by atoms with Crippen LogP contribution in [0.15, 0.2) is 18.2 Å². The Kier molecular flexibility index (Phi) is 4.20. The van der Waals surface area contributed by atoms with Gasteiger partial charge in [-0.1, -0.05) is 23.7 Å². The number of benzene rings is 1. The number of hydrogen-bond donors (Lipinski definition) is 1. The van der Waals surface area contributed by atoms with E-state index in [0.29, 0.717) is 23.9 Å². The zero-order valence-corrected chi connectivity index (χ0v) is 13.0. The topological polar surface area (TPSA) is 29.5 Å². The first-order chi connectivity index (χ1) is 9.53. The van der Waals surface area contributed by atoms with Gasteiger partial charge in [0.15, 0.2) is 0 Å². The highest BCUT2D eigenvalue weighted by molar-refractivity contribution is 6.47. The Labute approximate surface area is 125 Å². The monoisotopic (exact) mass is 295 g/mol. The highest BCUT2D eigenvalue weighted by Gasteiger charge is 2.38. The van der Waals surface area contributed by atoms with Crippen LogP contribution < -0.4 is 5.46 Å². The SMILES string of the molecule is CC(C)(O)C(C)(C)O[B]c1ccc2c(c1)C(F)(F)CCC2. The van der Waals surface area contributed by atoms with E-state index in [-0.39, 0.29) is 12.0 Å². The average Bonchev–Trinajstić information content (AvgIpc) is 2.35. The maximum absolute atomic E-state index is 13.9. The van der Waals surface area contributed by atoms with Crippen LogP contribution in [0.4, 0.5) is 8.78 Å². The minimum Gasteiger partial charge on any atom is -0.427 e. The summed E-state index contributed by atoms with van der Waals surface area (Å²) >= 11 is 0. The molecular formula is C16H22BF2O2. The highest BCUT2D eigenvalue weighted by Crippen LogP contribution is 2.39. The van der Waals surface area contributed by atoms with Gasteiger partial charge in [-0.3, -0.25) is 0 Å². The Bertz CT molecular complexity index is 521. The smallest absolute Gasteiger partial charge is 0.330 e. The Morgan fingerprint density at radius 1 is 1.24 bits per heavy atom. The van der Waals surface area contributed by atoms with Gasteiger partial charge in [0.2, 0.25) is 0 Å². The van der Waals surface area contributed by atoms with E-state index in [0.717, 1.165) is 0 Å². The van der Waals surface area contributed by atoms with Crippen molar-refractivity contribution >= 4 is 12.9 Å². The van der Waals surface area contributed by atoms with Crippen molar-refractivity contribution in [2.45, 2.75) is 64.1 Å². The summed E-state index contributed by atoms with van der Waals surface area (Å²) in [5, 5.41) is 10.0. The summed E-state index contributed by atoms with van der Waals surface area (Å²) in [7, 11) is 1.45. The molecule has 0 atom stereocenters. The summed E-state index contributed by atoms with van der Waals surface area (Å²) in [6.07, 6.45) is 1.12. The van der Waals surface area contributed by atoms with Crippen molar-refractivity contribution in [1.29, 1.82) is 0 Å². The quantitative estimate of drug-likeness (QED) is 0.865. The Hall–Kier alpha value is -0.935. The predicted octanol–water partition coefficient (Wildman–Crippen LogP) is 2.93. The van der Waals surface area contributed by atoms with Gasteiger partial charge in [0.05, 0.1) is 11.2 Å². The van der Waals surface area contributed by atoms with Crippen molar-refractivity contribution in [3.63, 3.8) is 0 Å². The lowest BCUT2D eigenvalue weighted by molar-refractivity contribution is -0.0893. The van der Waals surface area contributed by atoms with Crippen molar-refractivity contribution in [2.24, 2.45) is 0 Å². The number of aliphatic hydroxyl groups is 1. The number of fused-ring (bicyclic) bond motifs is 1. The molecule has 0 amide bonds. The van der Waals surface area contributed by atoms with Gasteiger partial charge in [0.25, 0.3) is 5.92 Å². The molecule has 1 radical (unpaired) electrons. The fourth-order valence-corrected chi connectivity index (χ4v) is 2.22. The number of rotatable bonds is 4. The number of alkyl halides is 2. The van der Waals surface area contributed by atoms with Gasteiger partial charge in [0, 0.05) is 12.0 Å². The van der Waals surface area contributed by atoms with E-state index in [9.17, 15) is 13.9 Å². The van der Waals surface area contributed by atoms with Gasteiger partial charge in [-0.05, 0) is 46.1 Å². The second-order valence-electron chi connectivity index (χ2n) is 6.78. The van der Waals surface area contributed by atoms with E-state index in [4.69, 9.17) is 4.65 Å². The third-order valence-electron chi connectivity index (χ3n) is 4.43.